The van der Waals surface area contributed by atoms with Gasteiger partial charge in [-0.05, 0) is 45.0 Å². The molecule has 0 spiro atoms. The minimum atomic E-state index is -3.45. The minimum Gasteiger partial charge on any atom is -0.416 e. The Morgan fingerprint density at radius 1 is 0.833 bits per heavy atom. The topological polar surface area (TPSA) is 54.0 Å². The van der Waals surface area contributed by atoms with Gasteiger partial charge in [-0.3, -0.25) is 0 Å². The molecule has 5 nitrogen and oxygen atoms in total. The monoisotopic (exact) mass is 350 g/mol. The van der Waals surface area contributed by atoms with Crippen LogP contribution in [0.2, 0.25) is 0 Å². The van der Waals surface area contributed by atoms with Gasteiger partial charge in [0.05, 0.1) is 18.4 Å². The highest BCUT2D eigenvalue weighted by Crippen LogP contribution is 2.48. The summed E-state index contributed by atoms with van der Waals surface area (Å²) in [7, 11) is -3.45. The summed E-state index contributed by atoms with van der Waals surface area (Å²) >= 11 is 0. The van der Waals surface area contributed by atoms with Crippen molar-refractivity contribution in [3.8, 4) is 11.5 Å². The van der Waals surface area contributed by atoms with Crippen LogP contribution in [0.1, 0.15) is 20.8 Å². The van der Waals surface area contributed by atoms with E-state index >= 15 is 0 Å². The van der Waals surface area contributed by atoms with Crippen LogP contribution in [0.25, 0.3) is 0 Å². The van der Waals surface area contributed by atoms with Crippen LogP contribution in [0.3, 0.4) is 0 Å². The molecule has 0 aromatic heterocycles. The van der Waals surface area contributed by atoms with Crippen molar-refractivity contribution in [3.05, 3.63) is 60.7 Å². The number of hydrogen-bond acceptors (Lipinski definition) is 5. The van der Waals surface area contributed by atoms with E-state index in [-0.39, 0.29) is 12.8 Å². The molecule has 2 aromatic rings. The summed E-state index contributed by atoms with van der Waals surface area (Å²) in [6.45, 7) is 5.70. The van der Waals surface area contributed by atoms with Gasteiger partial charge in [-0.25, -0.2) is 14.3 Å². The fourth-order valence-corrected chi connectivity index (χ4v) is 3.17. The Kier molecular flexibility index (Phi) is 6.44. The number of para-hydroxylation sites is 2. The third kappa shape index (κ3) is 6.75. The molecule has 0 heterocycles. The highest BCUT2D eigenvalue weighted by atomic mass is 31.2. The summed E-state index contributed by atoms with van der Waals surface area (Å²) in [6.07, 6.45) is 0.0624. The van der Waals surface area contributed by atoms with Crippen molar-refractivity contribution in [2.75, 3.05) is 12.8 Å². The van der Waals surface area contributed by atoms with Crippen LogP contribution in [0.15, 0.2) is 60.7 Å². The first-order valence-corrected chi connectivity index (χ1v) is 9.48. The average Bonchev–Trinajstić information content (AvgIpc) is 2.53. The molecule has 0 atom stereocenters. The van der Waals surface area contributed by atoms with Gasteiger partial charge in [0.2, 0.25) is 0 Å². The van der Waals surface area contributed by atoms with E-state index in [1.807, 2.05) is 32.9 Å². The van der Waals surface area contributed by atoms with Crippen LogP contribution < -0.4 is 9.05 Å². The van der Waals surface area contributed by atoms with Crippen molar-refractivity contribution in [2.45, 2.75) is 26.4 Å². The Balaban J connectivity index is 2.04. The van der Waals surface area contributed by atoms with Crippen LogP contribution in [0, 0.1) is 0 Å². The fraction of sp³-hybridized carbons (Fsp3) is 0.333. The zero-order valence-electron chi connectivity index (χ0n) is 14.2. The van der Waals surface area contributed by atoms with E-state index in [0.717, 1.165) is 0 Å². The Morgan fingerprint density at radius 2 is 1.29 bits per heavy atom. The molecule has 0 saturated heterocycles. The number of benzene rings is 2. The highest BCUT2D eigenvalue weighted by molar-refractivity contribution is 7.54. The lowest BCUT2D eigenvalue weighted by atomic mass is 10.2. The molecule has 0 saturated carbocycles. The molecular formula is C18H23O5P. The maximum Gasteiger partial charge on any atom is 0.433 e. The zero-order chi connectivity index (χ0) is 17.5. The van der Waals surface area contributed by atoms with Gasteiger partial charge < -0.3 is 9.05 Å². The molecule has 0 aliphatic heterocycles. The van der Waals surface area contributed by atoms with Crippen LogP contribution in [-0.2, 0) is 14.3 Å². The maximum atomic E-state index is 13.1. The molecule has 0 aliphatic carbocycles. The molecule has 6 heteroatoms. The first-order chi connectivity index (χ1) is 11.4. The van der Waals surface area contributed by atoms with Crippen molar-refractivity contribution >= 4 is 7.60 Å². The van der Waals surface area contributed by atoms with Gasteiger partial charge in [-0.2, -0.15) is 0 Å². The standard InChI is InChI=1S/C18H23O5P/c1-18(2,3)23-20-14-15-24(19,21-16-10-6-4-7-11-16)22-17-12-8-5-9-13-17/h4-13H,14-15H2,1-3H3. The molecule has 2 aromatic carbocycles. The lowest BCUT2D eigenvalue weighted by molar-refractivity contribution is -0.345. The molecule has 2 rings (SSSR count). The lowest BCUT2D eigenvalue weighted by Gasteiger charge is -2.21. The summed E-state index contributed by atoms with van der Waals surface area (Å²) in [6, 6.07) is 17.9. The van der Waals surface area contributed by atoms with Crippen LogP contribution in [0.5, 0.6) is 11.5 Å². The van der Waals surface area contributed by atoms with Crippen LogP contribution >= 0.6 is 7.60 Å². The van der Waals surface area contributed by atoms with E-state index in [0.29, 0.717) is 11.5 Å². The zero-order valence-corrected chi connectivity index (χ0v) is 15.1. The molecule has 0 radical (unpaired) electrons. The average molecular weight is 350 g/mol. The Bertz CT molecular complexity index is 607. The lowest BCUT2D eigenvalue weighted by Crippen LogP contribution is -2.21. The maximum absolute atomic E-state index is 13.1. The van der Waals surface area contributed by atoms with Crippen molar-refractivity contribution in [1.82, 2.24) is 0 Å². The third-order valence-electron chi connectivity index (χ3n) is 2.73. The molecule has 0 N–H and O–H groups in total. The second-order valence-corrected chi connectivity index (χ2v) is 8.20. The molecule has 0 aliphatic rings. The van der Waals surface area contributed by atoms with E-state index in [1.54, 1.807) is 48.5 Å². The van der Waals surface area contributed by atoms with Crippen molar-refractivity contribution in [3.63, 3.8) is 0 Å². The molecule has 0 bridgehead atoms. The number of hydrogen-bond donors (Lipinski definition) is 0. The normalized spacial score (nSPS) is 12.0. The van der Waals surface area contributed by atoms with Gasteiger partial charge in [-0.1, -0.05) is 36.4 Å². The second kappa shape index (κ2) is 8.34. The van der Waals surface area contributed by atoms with Crippen molar-refractivity contribution in [2.24, 2.45) is 0 Å². The van der Waals surface area contributed by atoms with E-state index in [4.69, 9.17) is 18.8 Å². The quantitative estimate of drug-likeness (QED) is 0.287. The largest absolute Gasteiger partial charge is 0.433 e. The van der Waals surface area contributed by atoms with Crippen LogP contribution in [-0.4, -0.2) is 18.4 Å². The van der Waals surface area contributed by atoms with Crippen molar-refractivity contribution < 1.29 is 23.4 Å². The predicted molar refractivity (Wildman–Crippen MR) is 93.4 cm³/mol. The first kappa shape index (κ1) is 18.5. The van der Waals surface area contributed by atoms with Gasteiger partial charge in [0.25, 0.3) is 0 Å². The van der Waals surface area contributed by atoms with E-state index < -0.39 is 13.2 Å². The molecule has 0 unspecified atom stereocenters. The summed E-state index contributed by atoms with van der Waals surface area (Å²) in [5, 5.41) is 0. The summed E-state index contributed by atoms with van der Waals surface area (Å²) in [5.41, 5.74) is -0.440. The van der Waals surface area contributed by atoms with E-state index in [9.17, 15) is 4.57 Å². The summed E-state index contributed by atoms with van der Waals surface area (Å²) < 4.78 is 24.4. The molecular weight excluding hydrogens is 327 g/mol. The Labute approximate surface area is 143 Å². The predicted octanol–water partition coefficient (Wildman–Crippen LogP) is 5.08. The summed E-state index contributed by atoms with van der Waals surface area (Å²) in [5.74, 6) is 0.960. The first-order valence-electron chi connectivity index (χ1n) is 7.75. The molecule has 130 valence electrons. The fourth-order valence-electron chi connectivity index (χ4n) is 1.76. The van der Waals surface area contributed by atoms with Crippen molar-refractivity contribution in [1.29, 1.82) is 0 Å². The highest BCUT2D eigenvalue weighted by Gasteiger charge is 2.28. The van der Waals surface area contributed by atoms with Gasteiger partial charge in [0.15, 0.2) is 0 Å². The minimum absolute atomic E-state index is 0.0624. The van der Waals surface area contributed by atoms with Crippen LogP contribution in [0.4, 0.5) is 0 Å². The Hall–Kier alpha value is -1.81. The van der Waals surface area contributed by atoms with Gasteiger partial charge in [0.1, 0.15) is 11.5 Å². The molecule has 0 fully saturated rings. The van der Waals surface area contributed by atoms with E-state index in [2.05, 4.69) is 0 Å². The van der Waals surface area contributed by atoms with Gasteiger partial charge in [-0.15, -0.1) is 0 Å². The molecule has 0 amide bonds. The van der Waals surface area contributed by atoms with Gasteiger partial charge >= 0.3 is 7.60 Å². The van der Waals surface area contributed by atoms with Gasteiger partial charge in [0, 0.05) is 0 Å². The third-order valence-corrected chi connectivity index (χ3v) is 4.44. The summed E-state index contributed by atoms with van der Waals surface area (Å²) in [4.78, 5) is 10.3. The molecule has 24 heavy (non-hydrogen) atoms. The van der Waals surface area contributed by atoms with E-state index in [1.165, 1.54) is 0 Å². The Morgan fingerprint density at radius 3 is 1.71 bits per heavy atom. The smallest absolute Gasteiger partial charge is 0.416 e. The second-order valence-electron chi connectivity index (χ2n) is 6.16. The SMILES string of the molecule is CC(C)(C)OOCCP(=O)(Oc1ccccc1)Oc1ccccc1. The number of rotatable bonds is 8.